The number of ether oxygens (including phenoxy) is 2. The first-order valence-electron chi connectivity index (χ1n) is 9.35. The molecule has 0 fully saturated rings. The van der Waals surface area contributed by atoms with E-state index in [4.69, 9.17) is 37.8 Å². The Hall–Kier alpha value is -2.69. The van der Waals surface area contributed by atoms with E-state index in [0.29, 0.717) is 10.0 Å². The number of para-hydroxylation sites is 2. The van der Waals surface area contributed by atoms with E-state index in [1.165, 1.54) is 0 Å². The van der Waals surface area contributed by atoms with Crippen molar-refractivity contribution in [3.8, 4) is 11.5 Å². The van der Waals surface area contributed by atoms with Crippen molar-refractivity contribution >= 4 is 28.9 Å². The average Bonchev–Trinajstić information content (AvgIpc) is 3.18. The summed E-state index contributed by atoms with van der Waals surface area (Å²) in [6, 6.07) is 21.5. The molecule has 0 bridgehead atoms. The predicted molar refractivity (Wildman–Crippen MR) is 115 cm³/mol. The quantitative estimate of drug-likeness (QED) is 0.498. The van der Waals surface area contributed by atoms with Crippen molar-refractivity contribution in [2.24, 2.45) is 5.10 Å². The molecule has 2 heterocycles. The number of fused-ring (bicyclic) bond motifs is 3. The maximum Gasteiger partial charge on any atom is 0.217 e. The van der Waals surface area contributed by atoms with E-state index in [2.05, 4.69) is 6.07 Å². The first kappa shape index (κ1) is 18.3. The van der Waals surface area contributed by atoms with E-state index >= 15 is 0 Å². The molecule has 5 rings (SSSR count). The second-order valence-electron chi connectivity index (χ2n) is 7.02. The summed E-state index contributed by atoms with van der Waals surface area (Å²) in [4.78, 5) is 0. The largest absolute Gasteiger partial charge is 0.496 e. The zero-order valence-electron chi connectivity index (χ0n) is 15.7. The number of benzene rings is 3. The van der Waals surface area contributed by atoms with Crippen LogP contribution in [0.3, 0.4) is 0 Å². The van der Waals surface area contributed by atoms with Gasteiger partial charge in [0, 0.05) is 22.6 Å². The van der Waals surface area contributed by atoms with Crippen molar-refractivity contribution in [3.05, 3.63) is 93.5 Å². The molecule has 146 valence electrons. The minimum Gasteiger partial charge on any atom is -0.496 e. The van der Waals surface area contributed by atoms with Crippen LogP contribution >= 0.6 is 23.2 Å². The molecular formula is C23H18Cl2N2O2. The Morgan fingerprint density at radius 1 is 1.00 bits per heavy atom. The van der Waals surface area contributed by atoms with Crippen LogP contribution in [0.25, 0.3) is 0 Å². The fraction of sp³-hybridized carbons (Fsp3) is 0.174. The summed E-state index contributed by atoms with van der Waals surface area (Å²) >= 11 is 12.6. The molecule has 0 amide bonds. The van der Waals surface area contributed by atoms with Gasteiger partial charge in [-0.2, -0.15) is 5.10 Å². The van der Waals surface area contributed by atoms with E-state index in [9.17, 15) is 0 Å². The molecule has 0 aromatic heterocycles. The van der Waals surface area contributed by atoms with Crippen LogP contribution < -0.4 is 9.47 Å². The van der Waals surface area contributed by atoms with Gasteiger partial charge >= 0.3 is 0 Å². The summed E-state index contributed by atoms with van der Waals surface area (Å²) < 4.78 is 12.0. The molecule has 0 saturated carbocycles. The van der Waals surface area contributed by atoms with Crippen LogP contribution in [0, 0.1) is 0 Å². The first-order valence-corrected chi connectivity index (χ1v) is 10.1. The van der Waals surface area contributed by atoms with Crippen molar-refractivity contribution in [3.63, 3.8) is 0 Å². The van der Waals surface area contributed by atoms with Crippen LogP contribution in [0.2, 0.25) is 10.0 Å². The lowest BCUT2D eigenvalue weighted by Crippen LogP contribution is -2.33. The van der Waals surface area contributed by atoms with Crippen molar-refractivity contribution in [1.29, 1.82) is 0 Å². The molecule has 0 N–H and O–H groups in total. The van der Waals surface area contributed by atoms with Crippen molar-refractivity contribution in [1.82, 2.24) is 5.01 Å². The van der Waals surface area contributed by atoms with Gasteiger partial charge in [0.1, 0.15) is 11.5 Å². The van der Waals surface area contributed by atoms with Gasteiger partial charge in [-0.15, -0.1) is 0 Å². The topological polar surface area (TPSA) is 34.1 Å². The maximum absolute atomic E-state index is 6.47. The number of rotatable bonds is 3. The van der Waals surface area contributed by atoms with E-state index in [0.717, 1.165) is 40.3 Å². The molecule has 0 spiro atoms. The molecule has 3 aromatic carbocycles. The van der Waals surface area contributed by atoms with E-state index in [1.54, 1.807) is 13.2 Å². The summed E-state index contributed by atoms with van der Waals surface area (Å²) in [5.41, 5.74) is 3.85. The van der Waals surface area contributed by atoms with Crippen LogP contribution in [0.1, 0.15) is 35.4 Å². The third-order valence-corrected chi connectivity index (χ3v) is 5.89. The molecule has 0 saturated heterocycles. The van der Waals surface area contributed by atoms with Gasteiger partial charge in [0.15, 0.2) is 0 Å². The third-order valence-electron chi connectivity index (χ3n) is 5.35. The Morgan fingerprint density at radius 3 is 2.55 bits per heavy atom. The molecule has 6 heteroatoms. The van der Waals surface area contributed by atoms with Crippen molar-refractivity contribution in [2.75, 3.05) is 7.11 Å². The van der Waals surface area contributed by atoms with Gasteiger partial charge in [0.2, 0.25) is 6.23 Å². The van der Waals surface area contributed by atoms with E-state index < -0.39 is 6.23 Å². The lowest BCUT2D eigenvalue weighted by atomic mass is 9.96. The summed E-state index contributed by atoms with van der Waals surface area (Å²) in [7, 11) is 1.67. The second-order valence-corrected chi connectivity index (χ2v) is 7.86. The first-order chi connectivity index (χ1) is 14.2. The summed E-state index contributed by atoms with van der Waals surface area (Å²) in [5.74, 6) is 1.63. The SMILES string of the molecule is COc1ccccc1[C@H]1Oc2ccccc2[C@H]2CC(c3ccc(Cl)cc3Cl)=NN21. The van der Waals surface area contributed by atoms with E-state index in [-0.39, 0.29) is 6.04 Å². The van der Waals surface area contributed by atoms with Crippen LogP contribution in [0.5, 0.6) is 11.5 Å². The molecule has 29 heavy (non-hydrogen) atoms. The minimum atomic E-state index is -0.394. The molecule has 0 aliphatic carbocycles. The lowest BCUT2D eigenvalue weighted by Gasteiger charge is -2.38. The number of hydrazone groups is 1. The Morgan fingerprint density at radius 2 is 1.76 bits per heavy atom. The van der Waals surface area contributed by atoms with Crippen molar-refractivity contribution in [2.45, 2.75) is 18.7 Å². The average molecular weight is 425 g/mol. The third kappa shape index (κ3) is 3.13. The predicted octanol–water partition coefficient (Wildman–Crippen LogP) is 6.24. The van der Waals surface area contributed by atoms with Gasteiger partial charge < -0.3 is 9.47 Å². The zero-order chi connectivity index (χ0) is 20.0. The van der Waals surface area contributed by atoms with Crippen LogP contribution in [0.15, 0.2) is 71.8 Å². The van der Waals surface area contributed by atoms with Crippen molar-refractivity contribution < 1.29 is 9.47 Å². The van der Waals surface area contributed by atoms with Gasteiger partial charge in [-0.1, -0.05) is 59.6 Å². The van der Waals surface area contributed by atoms with E-state index in [1.807, 2.05) is 59.6 Å². The van der Waals surface area contributed by atoms with Crippen LogP contribution in [-0.2, 0) is 0 Å². The second kappa shape index (κ2) is 7.29. The number of nitrogens with zero attached hydrogens (tertiary/aromatic N) is 2. The highest BCUT2D eigenvalue weighted by Crippen LogP contribution is 2.49. The Labute approximate surface area is 179 Å². The minimum absolute atomic E-state index is 0.0524. The van der Waals surface area contributed by atoms with Crippen LogP contribution in [0.4, 0.5) is 0 Å². The van der Waals surface area contributed by atoms with Gasteiger partial charge in [-0.25, -0.2) is 5.01 Å². The van der Waals surface area contributed by atoms with Gasteiger partial charge in [0.25, 0.3) is 0 Å². The zero-order valence-corrected chi connectivity index (χ0v) is 17.2. The number of hydrogen-bond acceptors (Lipinski definition) is 4. The molecule has 2 atom stereocenters. The summed E-state index contributed by atoms with van der Waals surface area (Å²) in [5, 5.41) is 8.16. The Balaban J connectivity index is 1.63. The Bertz CT molecular complexity index is 1120. The van der Waals surface area contributed by atoms with Gasteiger partial charge in [-0.05, 0) is 30.3 Å². The highest BCUT2D eigenvalue weighted by atomic mass is 35.5. The number of hydrogen-bond donors (Lipinski definition) is 0. The molecular weight excluding hydrogens is 407 g/mol. The number of halogens is 2. The summed E-state index contributed by atoms with van der Waals surface area (Å²) in [6.45, 7) is 0. The molecule has 4 nitrogen and oxygen atoms in total. The highest BCUT2D eigenvalue weighted by molar-refractivity contribution is 6.37. The molecule has 3 aromatic rings. The highest BCUT2D eigenvalue weighted by Gasteiger charge is 2.42. The van der Waals surface area contributed by atoms with Gasteiger partial charge in [0.05, 0.1) is 29.4 Å². The Kier molecular flexibility index (Phi) is 4.61. The molecule has 2 aliphatic heterocycles. The fourth-order valence-electron chi connectivity index (χ4n) is 4.00. The smallest absolute Gasteiger partial charge is 0.217 e. The standard InChI is InChI=1S/C23H18Cl2N2O2/c1-28-21-8-4-3-7-17(21)23-27-20(16-6-2-5-9-22(16)29-23)13-19(26-27)15-11-10-14(24)12-18(15)25/h2-12,20,23H,13H2,1H3/t20-,23-/m1/s1. The maximum atomic E-state index is 6.47. The van der Waals surface area contributed by atoms with Gasteiger partial charge in [-0.3, -0.25) is 0 Å². The normalized spacial score (nSPS) is 19.8. The molecule has 0 radical (unpaired) electrons. The monoisotopic (exact) mass is 424 g/mol. The molecule has 2 aliphatic rings. The lowest BCUT2D eigenvalue weighted by molar-refractivity contribution is -0.0203. The number of methoxy groups -OCH3 is 1. The van der Waals surface area contributed by atoms with Crippen LogP contribution in [-0.4, -0.2) is 17.8 Å². The fourth-order valence-corrected chi connectivity index (χ4v) is 4.51. The molecule has 0 unspecified atom stereocenters. The summed E-state index contributed by atoms with van der Waals surface area (Å²) in [6.07, 6.45) is 0.336.